The molecule has 0 unspecified atom stereocenters. The second-order valence-electron chi connectivity index (χ2n) is 4.45. The van der Waals surface area contributed by atoms with Gasteiger partial charge in [0.1, 0.15) is 5.82 Å². The summed E-state index contributed by atoms with van der Waals surface area (Å²) < 4.78 is 37.2. The van der Waals surface area contributed by atoms with E-state index in [1.165, 1.54) is 6.07 Å². The SMILES string of the molecule is CNC1CCN(c2ccc(C(F)(F)F)cn2)CC1. The molecule has 6 heteroatoms. The highest BCUT2D eigenvalue weighted by Crippen LogP contribution is 2.29. The zero-order valence-corrected chi connectivity index (χ0v) is 10.2. The molecule has 0 amide bonds. The van der Waals surface area contributed by atoms with Gasteiger partial charge in [-0.25, -0.2) is 4.98 Å². The lowest BCUT2D eigenvalue weighted by atomic mass is 10.1. The third-order valence-corrected chi connectivity index (χ3v) is 3.30. The van der Waals surface area contributed by atoms with Gasteiger partial charge in [0.2, 0.25) is 0 Å². The minimum Gasteiger partial charge on any atom is -0.357 e. The van der Waals surface area contributed by atoms with Crippen LogP contribution >= 0.6 is 0 Å². The summed E-state index contributed by atoms with van der Waals surface area (Å²) in [5.74, 6) is 0.623. The molecule has 100 valence electrons. The summed E-state index contributed by atoms with van der Waals surface area (Å²) in [6.45, 7) is 1.65. The van der Waals surface area contributed by atoms with Crippen LogP contribution in [0.25, 0.3) is 0 Å². The number of hydrogen-bond donors (Lipinski definition) is 1. The van der Waals surface area contributed by atoms with E-state index in [1.54, 1.807) is 0 Å². The molecule has 0 aliphatic carbocycles. The van der Waals surface area contributed by atoms with Gasteiger partial charge in [-0.3, -0.25) is 0 Å². The fraction of sp³-hybridized carbons (Fsp3) is 0.583. The molecule has 1 aliphatic rings. The second-order valence-corrected chi connectivity index (χ2v) is 4.45. The molecule has 0 saturated carbocycles. The summed E-state index contributed by atoms with van der Waals surface area (Å²) >= 11 is 0. The van der Waals surface area contributed by atoms with Crippen LogP contribution in [0.1, 0.15) is 18.4 Å². The number of rotatable bonds is 2. The second kappa shape index (κ2) is 5.14. The summed E-state index contributed by atoms with van der Waals surface area (Å²) in [6, 6.07) is 3.03. The lowest BCUT2D eigenvalue weighted by Crippen LogP contribution is -2.41. The Balaban J connectivity index is 2.02. The molecule has 0 aromatic carbocycles. The van der Waals surface area contributed by atoms with Crippen molar-refractivity contribution in [2.45, 2.75) is 25.1 Å². The van der Waals surface area contributed by atoms with Crippen molar-refractivity contribution < 1.29 is 13.2 Å². The molecule has 18 heavy (non-hydrogen) atoms. The number of anilines is 1. The van der Waals surface area contributed by atoms with E-state index < -0.39 is 11.7 Å². The normalized spacial score (nSPS) is 18.1. The van der Waals surface area contributed by atoms with Crippen molar-refractivity contribution >= 4 is 5.82 Å². The molecule has 1 fully saturated rings. The molecule has 1 aromatic rings. The van der Waals surface area contributed by atoms with Crippen molar-refractivity contribution in [1.82, 2.24) is 10.3 Å². The maximum Gasteiger partial charge on any atom is 0.417 e. The Morgan fingerprint density at radius 2 is 1.94 bits per heavy atom. The highest BCUT2D eigenvalue weighted by atomic mass is 19.4. The summed E-state index contributed by atoms with van der Waals surface area (Å²) in [4.78, 5) is 5.93. The van der Waals surface area contributed by atoms with Gasteiger partial charge in [-0.2, -0.15) is 13.2 Å². The van der Waals surface area contributed by atoms with E-state index in [2.05, 4.69) is 10.3 Å². The largest absolute Gasteiger partial charge is 0.417 e. The Kier molecular flexibility index (Phi) is 3.75. The third kappa shape index (κ3) is 2.93. The lowest BCUT2D eigenvalue weighted by Gasteiger charge is -2.32. The predicted octanol–water partition coefficient (Wildman–Crippen LogP) is 2.29. The van der Waals surface area contributed by atoms with Gasteiger partial charge in [0.15, 0.2) is 0 Å². The molecule has 1 aliphatic heterocycles. The Hall–Kier alpha value is -1.30. The molecule has 1 aromatic heterocycles. The van der Waals surface area contributed by atoms with E-state index >= 15 is 0 Å². The van der Waals surface area contributed by atoms with Gasteiger partial charge < -0.3 is 10.2 Å². The monoisotopic (exact) mass is 259 g/mol. The Labute approximate surface area is 104 Å². The van der Waals surface area contributed by atoms with Crippen molar-refractivity contribution in [3.63, 3.8) is 0 Å². The minimum atomic E-state index is -4.31. The first kappa shape index (κ1) is 13.1. The van der Waals surface area contributed by atoms with E-state index in [0.717, 1.165) is 38.2 Å². The highest BCUT2D eigenvalue weighted by Gasteiger charge is 2.31. The first-order valence-electron chi connectivity index (χ1n) is 5.96. The molecule has 2 heterocycles. The number of nitrogens with one attached hydrogen (secondary N) is 1. The van der Waals surface area contributed by atoms with Gasteiger partial charge in [-0.15, -0.1) is 0 Å². The van der Waals surface area contributed by atoms with Crippen LogP contribution in [0, 0.1) is 0 Å². The van der Waals surface area contributed by atoms with Crippen molar-refractivity contribution in [3.8, 4) is 0 Å². The van der Waals surface area contributed by atoms with Gasteiger partial charge in [-0.05, 0) is 32.0 Å². The smallest absolute Gasteiger partial charge is 0.357 e. The van der Waals surface area contributed by atoms with E-state index in [9.17, 15) is 13.2 Å². The van der Waals surface area contributed by atoms with Crippen LogP contribution in [0.15, 0.2) is 18.3 Å². The van der Waals surface area contributed by atoms with Crippen molar-refractivity contribution in [1.29, 1.82) is 0 Å². The van der Waals surface area contributed by atoms with Crippen molar-refractivity contribution in [3.05, 3.63) is 23.9 Å². The average molecular weight is 259 g/mol. The first-order chi connectivity index (χ1) is 8.50. The van der Waals surface area contributed by atoms with Crippen LogP contribution in [0.2, 0.25) is 0 Å². The molecular formula is C12H16F3N3. The zero-order valence-electron chi connectivity index (χ0n) is 10.2. The molecule has 0 atom stereocenters. The molecule has 1 saturated heterocycles. The van der Waals surface area contributed by atoms with E-state index in [-0.39, 0.29) is 0 Å². The number of aromatic nitrogens is 1. The van der Waals surface area contributed by atoms with Crippen molar-refractivity contribution in [2.24, 2.45) is 0 Å². The molecule has 2 rings (SSSR count). The number of nitrogens with zero attached hydrogens (tertiary/aromatic N) is 2. The maximum atomic E-state index is 12.4. The summed E-state index contributed by atoms with van der Waals surface area (Å²) in [5.41, 5.74) is -0.698. The number of hydrogen-bond acceptors (Lipinski definition) is 3. The van der Waals surface area contributed by atoms with Crippen LogP contribution in [0.5, 0.6) is 0 Å². The Morgan fingerprint density at radius 1 is 1.28 bits per heavy atom. The maximum absolute atomic E-state index is 12.4. The van der Waals surface area contributed by atoms with Gasteiger partial charge >= 0.3 is 6.18 Å². The van der Waals surface area contributed by atoms with Gasteiger partial charge in [0, 0.05) is 25.3 Å². The quantitative estimate of drug-likeness (QED) is 0.883. The lowest BCUT2D eigenvalue weighted by molar-refractivity contribution is -0.137. The van der Waals surface area contributed by atoms with Crippen LogP contribution in [0.3, 0.4) is 0 Å². The number of alkyl halides is 3. The fourth-order valence-electron chi connectivity index (χ4n) is 2.14. The van der Waals surface area contributed by atoms with E-state index in [4.69, 9.17) is 0 Å². The third-order valence-electron chi connectivity index (χ3n) is 3.30. The van der Waals surface area contributed by atoms with Crippen LogP contribution in [-0.4, -0.2) is 31.2 Å². The van der Waals surface area contributed by atoms with E-state index in [0.29, 0.717) is 11.9 Å². The van der Waals surface area contributed by atoms with Crippen LogP contribution in [0.4, 0.5) is 19.0 Å². The minimum absolute atomic E-state index is 0.496. The van der Waals surface area contributed by atoms with Crippen LogP contribution < -0.4 is 10.2 Å². The number of halogens is 3. The van der Waals surface area contributed by atoms with Gasteiger partial charge in [0.25, 0.3) is 0 Å². The highest BCUT2D eigenvalue weighted by molar-refractivity contribution is 5.40. The molecule has 0 radical (unpaired) electrons. The number of piperidine rings is 1. The molecule has 0 bridgehead atoms. The topological polar surface area (TPSA) is 28.2 Å². The molecule has 1 N–H and O–H groups in total. The Bertz CT molecular complexity index is 381. The molecule has 0 spiro atoms. The summed E-state index contributed by atoms with van der Waals surface area (Å²) in [7, 11) is 1.93. The zero-order chi connectivity index (χ0) is 13.2. The van der Waals surface area contributed by atoms with Gasteiger partial charge in [0.05, 0.1) is 5.56 Å². The average Bonchev–Trinajstić information content (AvgIpc) is 2.38. The predicted molar refractivity (Wildman–Crippen MR) is 63.5 cm³/mol. The standard InChI is InChI=1S/C12H16F3N3/c1-16-10-4-6-18(7-5-10)11-3-2-9(8-17-11)12(13,14)15/h2-3,8,10,16H,4-7H2,1H3. The molecular weight excluding hydrogens is 243 g/mol. The van der Waals surface area contributed by atoms with Gasteiger partial charge in [-0.1, -0.05) is 0 Å². The van der Waals surface area contributed by atoms with Crippen LogP contribution in [-0.2, 0) is 6.18 Å². The Morgan fingerprint density at radius 3 is 2.39 bits per heavy atom. The fourth-order valence-corrected chi connectivity index (χ4v) is 2.14. The summed E-state index contributed by atoms with van der Waals surface area (Å²) in [6.07, 6.45) is -1.44. The summed E-state index contributed by atoms with van der Waals surface area (Å²) in [5, 5.41) is 3.21. The van der Waals surface area contributed by atoms with E-state index in [1.807, 2.05) is 11.9 Å². The number of pyridine rings is 1. The van der Waals surface area contributed by atoms with Crippen molar-refractivity contribution in [2.75, 3.05) is 25.0 Å². The molecule has 3 nitrogen and oxygen atoms in total. The first-order valence-corrected chi connectivity index (χ1v) is 5.96.